The average molecular weight is 280 g/mol. The molecule has 1 aliphatic carbocycles. The van der Waals surface area contributed by atoms with Crippen molar-refractivity contribution < 1.29 is 4.52 Å². The van der Waals surface area contributed by atoms with Crippen LogP contribution in [0.5, 0.6) is 0 Å². The van der Waals surface area contributed by atoms with E-state index in [0.717, 1.165) is 31.2 Å². The summed E-state index contributed by atoms with van der Waals surface area (Å²) in [6, 6.07) is 0.550. The smallest absolute Gasteiger partial charge is 0.240 e. The molecule has 0 aliphatic heterocycles. The van der Waals surface area contributed by atoms with Crippen LogP contribution in [0.3, 0.4) is 0 Å². The maximum atomic E-state index is 5.91. The van der Waals surface area contributed by atoms with Crippen LogP contribution in [0.25, 0.3) is 0 Å². The largest absolute Gasteiger partial charge is 0.338 e. The molecule has 20 heavy (non-hydrogen) atoms. The molecular weight excluding hydrogens is 252 g/mol. The molecule has 5 nitrogen and oxygen atoms in total. The summed E-state index contributed by atoms with van der Waals surface area (Å²) in [5.41, 5.74) is 5.91. The van der Waals surface area contributed by atoms with Gasteiger partial charge in [-0.3, -0.25) is 4.90 Å². The quantitative estimate of drug-likeness (QED) is 0.865. The minimum Gasteiger partial charge on any atom is -0.338 e. The third-order valence-corrected chi connectivity index (χ3v) is 4.22. The standard InChI is InChI=1S/C15H28N4O/c1-11(2)8-14-17-15(20-18-14)10-19(3)13-7-5-4-6-12(13)9-16/h11-13H,4-10,16H2,1-3H3. The predicted octanol–water partition coefficient (Wildman–Crippen LogP) is 2.22. The Balaban J connectivity index is 1.92. The number of hydrogen-bond donors (Lipinski definition) is 1. The normalized spacial score (nSPS) is 23.7. The molecule has 0 aromatic carbocycles. The summed E-state index contributed by atoms with van der Waals surface area (Å²) in [6.45, 7) is 5.83. The molecule has 2 rings (SSSR count). The third-order valence-electron chi connectivity index (χ3n) is 4.22. The van der Waals surface area contributed by atoms with Gasteiger partial charge in [-0.25, -0.2) is 0 Å². The third kappa shape index (κ3) is 4.03. The molecule has 1 aromatic rings. The Morgan fingerprint density at radius 3 is 2.80 bits per heavy atom. The van der Waals surface area contributed by atoms with E-state index >= 15 is 0 Å². The lowest BCUT2D eigenvalue weighted by atomic mass is 9.84. The molecule has 0 saturated heterocycles. The average Bonchev–Trinajstić information content (AvgIpc) is 2.85. The fraction of sp³-hybridized carbons (Fsp3) is 0.867. The Kier molecular flexibility index (Phi) is 5.54. The molecule has 0 radical (unpaired) electrons. The predicted molar refractivity (Wildman–Crippen MR) is 79.1 cm³/mol. The molecule has 2 N–H and O–H groups in total. The van der Waals surface area contributed by atoms with Crippen molar-refractivity contribution in [3.8, 4) is 0 Å². The highest BCUT2D eigenvalue weighted by molar-refractivity contribution is 4.90. The van der Waals surface area contributed by atoms with Gasteiger partial charge in [0.15, 0.2) is 5.82 Å². The number of nitrogens with two attached hydrogens (primary N) is 1. The fourth-order valence-electron chi connectivity index (χ4n) is 3.18. The topological polar surface area (TPSA) is 68.2 Å². The van der Waals surface area contributed by atoms with Crippen LogP contribution in [0.1, 0.15) is 51.2 Å². The molecule has 1 aliphatic rings. The first kappa shape index (κ1) is 15.4. The number of nitrogens with zero attached hydrogens (tertiary/aromatic N) is 3. The van der Waals surface area contributed by atoms with Gasteiger partial charge in [0.2, 0.25) is 5.89 Å². The van der Waals surface area contributed by atoms with Gasteiger partial charge in [0.1, 0.15) is 0 Å². The molecule has 2 unspecified atom stereocenters. The first-order valence-electron chi connectivity index (χ1n) is 7.82. The van der Waals surface area contributed by atoms with E-state index in [1.807, 2.05) is 0 Å². The first-order chi connectivity index (χ1) is 9.60. The van der Waals surface area contributed by atoms with Crippen molar-refractivity contribution in [3.05, 3.63) is 11.7 Å². The highest BCUT2D eigenvalue weighted by Crippen LogP contribution is 2.27. The molecule has 0 spiro atoms. The summed E-state index contributed by atoms with van der Waals surface area (Å²) in [5.74, 6) is 2.71. The van der Waals surface area contributed by atoms with E-state index in [1.165, 1.54) is 25.7 Å². The van der Waals surface area contributed by atoms with Crippen LogP contribution in [0.4, 0.5) is 0 Å². The van der Waals surface area contributed by atoms with E-state index in [4.69, 9.17) is 10.3 Å². The number of hydrogen-bond acceptors (Lipinski definition) is 5. The van der Waals surface area contributed by atoms with Crippen LogP contribution in [-0.4, -0.2) is 34.7 Å². The summed E-state index contributed by atoms with van der Waals surface area (Å²) >= 11 is 0. The molecule has 1 fully saturated rings. The first-order valence-corrected chi connectivity index (χ1v) is 7.82. The van der Waals surface area contributed by atoms with E-state index in [0.29, 0.717) is 17.9 Å². The van der Waals surface area contributed by atoms with Gasteiger partial charge in [-0.15, -0.1) is 0 Å². The van der Waals surface area contributed by atoms with E-state index in [9.17, 15) is 0 Å². The molecule has 1 heterocycles. The molecule has 5 heteroatoms. The fourth-order valence-corrected chi connectivity index (χ4v) is 3.18. The zero-order chi connectivity index (χ0) is 14.5. The number of rotatable bonds is 6. The molecule has 0 bridgehead atoms. The van der Waals surface area contributed by atoms with Crippen molar-refractivity contribution in [2.45, 2.75) is 58.5 Å². The number of aromatic nitrogens is 2. The van der Waals surface area contributed by atoms with Crippen molar-refractivity contribution in [2.24, 2.45) is 17.6 Å². The van der Waals surface area contributed by atoms with Gasteiger partial charge in [0, 0.05) is 12.5 Å². The summed E-state index contributed by atoms with van der Waals surface area (Å²) in [6.07, 6.45) is 5.96. The molecule has 114 valence electrons. The minimum absolute atomic E-state index is 0.550. The monoisotopic (exact) mass is 280 g/mol. The Morgan fingerprint density at radius 1 is 1.35 bits per heavy atom. The van der Waals surface area contributed by atoms with Gasteiger partial charge >= 0.3 is 0 Å². The van der Waals surface area contributed by atoms with E-state index in [-0.39, 0.29) is 0 Å². The van der Waals surface area contributed by atoms with Gasteiger partial charge in [0.05, 0.1) is 6.54 Å². The lowest BCUT2D eigenvalue weighted by Gasteiger charge is -2.36. The van der Waals surface area contributed by atoms with E-state index in [1.54, 1.807) is 0 Å². The molecule has 1 aromatic heterocycles. The Labute approximate surface area is 121 Å². The summed E-state index contributed by atoms with van der Waals surface area (Å²) in [7, 11) is 2.14. The summed E-state index contributed by atoms with van der Waals surface area (Å²) in [4.78, 5) is 6.82. The van der Waals surface area contributed by atoms with Crippen molar-refractivity contribution >= 4 is 0 Å². The highest BCUT2D eigenvalue weighted by Gasteiger charge is 2.28. The summed E-state index contributed by atoms with van der Waals surface area (Å²) < 4.78 is 5.36. The van der Waals surface area contributed by atoms with Crippen molar-refractivity contribution in [3.63, 3.8) is 0 Å². The second-order valence-corrected chi connectivity index (χ2v) is 6.47. The summed E-state index contributed by atoms with van der Waals surface area (Å²) in [5, 5.41) is 4.06. The van der Waals surface area contributed by atoms with Crippen LogP contribution in [0.15, 0.2) is 4.52 Å². The Morgan fingerprint density at radius 2 is 2.10 bits per heavy atom. The lowest BCUT2D eigenvalue weighted by Crippen LogP contribution is -2.42. The Hall–Kier alpha value is -0.940. The van der Waals surface area contributed by atoms with Crippen LogP contribution >= 0.6 is 0 Å². The van der Waals surface area contributed by atoms with Gasteiger partial charge < -0.3 is 10.3 Å². The van der Waals surface area contributed by atoms with Crippen LogP contribution in [-0.2, 0) is 13.0 Å². The van der Waals surface area contributed by atoms with Crippen LogP contribution < -0.4 is 5.73 Å². The van der Waals surface area contributed by atoms with Crippen molar-refractivity contribution in [2.75, 3.05) is 13.6 Å². The zero-order valence-electron chi connectivity index (χ0n) is 13.0. The molecule has 1 saturated carbocycles. The maximum Gasteiger partial charge on any atom is 0.240 e. The van der Waals surface area contributed by atoms with Crippen LogP contribution in [0.2, 0.25) is 0 Å². The van der Waals surface area contributed by atoms with Gasteiger partial charge in [-0.2, -0.15) is 4.98 Å². The van der Waals surface area contributed by atoms with Crippen molar-refractivity contribution in [1.29, 1.82) is 0 Å². The Bertz CT molecular complexity index is 404. The molecule has 2 atom stereocenters. The van der Waals surface area contributed by atoms with E-state index in [2.05, 4.69) is 35.9 Å². The maximum absolute atomic E-state index is 5.91. The molecule has 0 amide bonds. The second-order valence-electron chi connectivity index (χ2n) is 6.47. The minimum atomic E-state index is 0.550. The van der Waals surface area contributed by atoms with Gasteiger partial charge in [-0.1, -0.05) is 31.8 Å². The second kappa shape index (κ2) is 7.18. The van der Waals surface area contributed by atoms with Gasteiger partial charge in [-0.05, 0) is 38.3 Å². The molecular formula is C15H28N4O. The SMILES string of the molecule is CC(C)Cc1noc(CN(C)C2CCCCC2CN)n1. The van der Waals surface area contributed by atoms with E-state index < -0.39 is 0 Å². The van der Waals surface area contributed by atoms with Crippen molar-refractivity contribution in [1.82, 2.24) is 15.0 Å². The van der Waals surface area contributed by atoms with Crippen LogP contribution in [0, 0.1) is 11.8 Å². The zero-order valence-corrected chi connectivity index (χ0v) is 13.0. The van der Waals surface area contributed by atoms with Gasteiger partial charge in [0.25, 0.3) is 0 Å². The highest BCUT2D eigenvalue weighted by atomic mass is 16.5. The lowest BCUT2D eigenvalue weighted by molar-refractivity contribution is 0.115.